The molecule has 5 nitrogen and oxygen atoms in total. The van der Waals surface area contributed by atoms with Gasteiger partial charge in [0.25, 0.3) is 5.91 Å². The van der Waals surface area contributed by atoms with Crippen LogP contribution in [0.3, 0.4) is 0 Å². The van der Waals surface area contributed by atoms with Crippen LogP contribution in [0.25, 0.3) is 0 Å². The lowest BCUT2D eigenvalue weighted by molar-refractivity contribution is -0.133. The zero-order chi connectivity index (χ0) is 15.2. The van der Waals surface area contributed by atoms with Crippen molar-refractivity contribution in [3.63, 3.8) is 0 Å². The Bertz CT molecular complexity index is 457. The van der Waals surface area contributed by atoms with Crippen molar-refractivity contribution in [3.8, 4) is 5.75 Å². The van der Waals surface area contributed by atoms with Gasteiger partial charge in [-0.15, -0.1) is 0 Å². The fourth-order valence-corrected chi connectivity index (χ4v) is 2.28. The molecule has 1 heterocycles. The van der Waals surface area contributed by atoms with E-state index in [4.69, 9.17) is 10.5 Å². The number of amides is 1. The number of rotatable bonds is 8. The molecule has 116 valence electrons. The van der Waals surface area contributed by atoms with E-state index in [0.29, 0.717) is 11.8 Å². The minimum absolute atomic E-state index is 0.0529. The second-order valence-corrected chi connectivity index (χ2v) is 5.56. The summed E-state index contributed by atoms with van der Waals surface area (Å²) in [5, 5.41) is 0. The summed E-state index contributed by atoms with van der Waals surface area (Å²) in [6.07, 6.45) is 5.60. The molecule has 2 rings (SSSR count). The maximum Gasteiger partial charge on any atom is 0.260 e. The van der Waals surface area contributed by atoms with Gasteiger partial charge in [0.2, 0.25) is 0 Å². The van der Waals surface area contributed by atoms with Crippen LogP contribution < -0.4 is 10.5 Å². The summed E-state index contributed by atoms with van der Waals surface area (Å²) >= 11 is 0. The fourth-order valence-electron chi connectivity index (χ4n) is 2.28. The van der Waals surface area contributed by atoms with Gasteiger partial charge < -0.3 is 15.4 Å². The molecule has 0 saturated heterocycles. The van der Waals surface area contributed by atoms with E-state index in [0.717, 1.165) is 37.9 Å². The van der Waals surface area contributed by atoms with Gasteiger partial charge in [0, 0.05) is 30.7 Å². The lowest BCUT2D eigenvalue weighted by Crippen LogP contribution is -2.36. The van der Waals surface area contributed by atoms with E-state index in [9.17, 15) is 4.79 Å². The number of carbonyl (C=O) groups excluding carboxylic acids is 1. The van der Waals surface area contributed by atoms with Gasteiger partial charge in [-0.1, -0.05) is 6.92 Å². The summed E-state index contributed by atoms with van der Waals surface area (Å²) in [6.45, 7) is 4.90. The van der Waals surface area contributed by atoms with Crippen molar-refractivity contribution in [3.05, 3.63) is 24.0 Å². The molecule has 0 bridgehead atoms. The van der Waals surface area contributed by atoms with Crippen molar-refractivity contribution in [2.75, 3.05) is 13.2 Å². The molecule has 1 unspecified atom stereocenters. The number of hydrogen-bond acceptors (Lipinski definition) is 4. The molecule has 1 saturated carbocycles. The van der Waals surface area contributed by atoms with Crippen molar-refractivity contribution in [2.24, 2.45) is 5.73 Å². The van der Waals surface area contributed by atoms with Crippen molar-refractivity contribution in [1.29, 1.82) is 0 Å². The molecule has 1 aliphatic rings. The highest BCUT2D eigenvalue weighted by Gasteiger charge is 2.31. The maximum absolute atomic E-state index is 12.0. The Morgan fingerprint density at radius 3 is 2.76 bits per heavy atom. The second kappa shape index (κ2) is 7.41. The number of hydrogen-bond donors (Lipinski definition) is 1. The normalized spacial score (nSPS) is 15.6. The summed E-state index contributed by atoms with van der Waals surface area (Å²) in [4.78, 5) is 18.3. The lowest BCUT2D eigenvalue weighted by Gasteiger charge is -2.20. The van der Waals surface area contributed by atoms with E-state index in [1.54, 1.807) is 6.20 Å². The molecule has 1 atom stereocenters. The van der Waals surface area contributed by atoms with Gasteiger partial charge in [-0.25, -0.2) is 0 Å². The van der Waals surface area contributed by atoms with E-state index < -0.39 is 0 Å². The van der Waals surface area contributed by atoms with Crippen LogP contribution in [0.4, 0.5) is 0 Å². The smallest absolute Gasteiger partial charge is 0.260 e. The van der Waals surface area contributed by atoms with E-state index >= 15 is 0 Å². The minimum Gasteiger partial charge on any atom is -0.482 e. The standard InChI is InChI=1S/C16H25N3O2/c1-3-12(17)9-13-5-8-15(10-18-13)21-11-16(20)19(4-2)14-6-7-14/h5,8,10,12,14H,3-4,6-7,9,11,17H2,1-2H3. The zero-order valence-corrected chi connectivity index (χ0v) is 12.9. The highest BCUT2D eigenvalue weighted by atomic mass is 16.5. The average molecular weight is 291 g/mol. The first kappa shape index (κ1) is 15.8. The summed E-state index contributed by atoms with van der Waals surface area (Å²) in [5.41, 5.74) is 6.86. The van der Waals surface area contributed by atoms with Crippen LogP contribution in [0.15, 0.2) is 18.3 Å². The van der Waals surface area contributed by atoms with Crippen LogP contribution in [-0.2, 0) is 11.2 Å². The van der Waals surface area contributed by atoms with Crippen LogP contribution in [0.2, 0.25) is 0 Å². The maximum atomic E-state index is 12.0. The third-order valence-electron chi connectivity index (χ3n) is 3.80. The number of nitrogens with zero attached hydrogens (tertiary/aromatic N) is 2. The summed E-state index contributed by atoms with van der Waals surface area (Å²) < 4.78 is 5.53. The predicted molar refractivity (Wildman–Crippen MR) is 82.1 cm³/mol. The van der Waals surface area contributed by atoms with E-state index in [-0.39, 0.29) is 18.6 Å². The molecule has 0 radical (unpaired) electrons. The van der Waals surface area contributed by atoms with Crippen LogP contribution in [0.1, 0.15) is 38.8 Å². The van der Waals surface area contributed by atoms with Crippen molar-refractivity contribution in [1.82, 2.24) is 9.88 Å². The van der Waals surface area contributed by atoms with Crippen molar-refractivity contribution in [2.45, 2.75) is 51.6 Å². The quantitative estimate of drug-likeness (QED) is 0.792. The van der Waals surface area contributed by atoms with Crippen LogP contribution in [0.5, 0.6) is 5.75 Å². The number of carbonyl (C=O) groups is 1. The molecule has 1 amide bonds. The van der Waals surface area contributed by atoms with E-state index in [2.05, 4.69) is 11.9 Å². The fraction of sp³-hybridized carbons (Fsp3) is 0.625. The Morgan fingerprint density at radius 1 is 1.48 bits per heavy atom. The molecular formula is C16H25N3O2. The molecule has 0 aliphatic heterocycles. The summed E-state index contributed by atoms with van der Waals surface area (Å²) in [7, 11) is 0. The van der Waals surface area contributed by atoms with Crippen molar-refractivity contribution >= 4 is 5.91 Å². The van der Waals surface area contributed by atoms with Gasteiger partial charge in [0.1, 0.15) is 5.75 Å². The summed E-state index contributed by atoms with van der Waals surface area (Å²) in [5.74, 6) is 0.682. The monoisotopic (exact) mass is 291 g/mol. The van der Waals surface area contributed by atoms with Gasteiger partial charge in [0.05, 0.1) is 6.20 Å². The molecular weight excluding hydrogens is 266 g/mol. The molecule has 5 heteroatoms. The average Bonchev–Trinajstić information content (AvgIpc) is 3.32. The predicted octanol–water partition coefficient (Wildman–Crippen LogP) is 1.75. The molecule has 1 aliphatic carbocycles. The minimum atomic E-state index is 0.0529. The number of likely N-dealkylation sites (N-methyl/N-ethyl adjacent to an activating group) is 1. The number of nitrogens with two attached hydrogens (primary N) is 1. The van der Waals surface area contributed by atoms with Gasteiger partial charge in [-0.3, -0.25) is 9.78 Å². The first-order chi connectivity index (χ1) is 10.1. The molecule has 0 spiro atoms. The Hall–Kier alpha value is -1.62. The molecule has 1 aromatic heterocycles. The third kappa shape index (κ3) is 4.70. The van der Waals surface area contributed by atoms with Crippen LogP contribution in [0, 0.1) is 0 Å². The number of pyridine rings is 1. The van der Waals surface area contributed by atoms with Gasteiger partial charge >= 0.3 is 0 Å². The first-order valence-electron chi connectivity index (χ1n) is 7.76. The molecule has 21 heavy (non-hydrogen) atoms. The molecule has 1 fully saturated rings. The Kier molecular flexibility index (Phi) is 5.56. The van der Waals surface area contributed by atoms with Crippen LogP contribution in [-0.4, -0.2) is 41.0 Å². The van der Waals surface area contributed by atoms with E-state index in [1.807, 2.05) is 24.0 Å². The van der Waals surface area contributed by atoms with Crippen molar-refractivity contribution < 1.29 is 9.53 Å². The van der Waals surface area contributed by atoms with Gasteiger partial charge in [-0.2, -0.15) is 0 Å². The summed E-state index contributed by atoms with van der Waals surface area (Å²) in [6, 6.07) is 4.34. The Morgan fingerprint density at radius 2 is 2.24 bits per heavy atom. The number of aromatic nitrogens is 1. The highest BCUT2D eigenvalue weighted by Crippen LogP contribution is 2.26. The SMILES string of the molecule is CCC(N)Cc1ccc(OCC(=O)N(CC)C2CC2)cn1. The molecule has 1 aromatic rings. The highest BCUT2D eigenvalue weighted by molar-refractivity contribution is 5.78. The largest absolute Gasteiger partial charge is 0.482 e. The Labute approximate surface area is 126 Å². The van der Waals surface area contributed by atoms with Gasteiger partial charge in [0.15, 0.2) is 6.61 Å². The second-order valence-electron chi connectivity index (χ2n) is 5.56. The Balaban J connectivity index is 1.81. The zero-order valence-electron chi connectivity index (χ0n) is 12.9. The number of ether oxygens (including phenoxy) is 1. The third-order valence-corrected chi connectivity index (χ3v) is 3.80. The van der Waals surface area contributed by atoms with Crippen LogP contribution >= 0.6 is 0 Å². The first-order valence-corrected chi connectivity index (χ1v) is 7.76. The molecule has 2 N–H and O–H groups in total. The van der Waals surface area contributed by atoms with E-state index in [1.165, 1.54) is 0 Å². The topological polar surface area (TPSA) is 68.5 Å². The molecule has 0 aromatic carbocycles. The van der Waals surface area contributed by atoms with Gasteiger partial charge in [-0.05, 0) is 38.3 Å². The lowest BCUT2D eigenvalue weighted by atomic mass is 10.1.